The van der Waals surface area contributed by atoms with Gasteiger partial charge in [0.2, 0.25) is 0 Å². The largest absolute Gasteiger partial charge is 0.497 e. The molecule has 1 atom stereocenters. The first-order valence-corrected chi connectivity index (χ1v) is 7.14. The fourth-order valence-corrected chi connectivity index (χ4v) is 2.35. The highest BCUT2D eigenvalue weighted by molar-refractivity contribution is 5.46. The van der Waals surface area contributed by atoms with Crippen molar-refractivity contribution in [1.82, 2.24) is 0 Å². The van der Waals surface area contributed by atoms with Crippen LogP contribution in [-0.2, 0) is 0 Å². The first-order valence-electron chi connectivity index (χ1n) is 7.14. The molecule has 0 amide bonds. The summed E-state index contributed by atoms with van der Waals surface area (Å²) in [6.45, 7) is 4.36. The maximum atomic E-state index is 6.41. The molecule has 0 aromatic heterocycles. The van der Waals surface area contributed by atoms with Gasteiger partial charge in [-0.15, -0.1) is 0 Å². The zero-order valence-electron chi connectivity index (χ0n) is 13.1. The van der Waals surface area contributed by atoms with Crippen LogP contribution in [0, 0.1) is 0 Å². The zero-order valence-corrected chi connectivity index (χ0v) is 13.1. The van der Waals surface area contributed by atoms with Gasteiger partial charge in [0.1, 0.15) is 11.5 Å². The first-order chi connectivity index (χ1) is 10.1. The average Bonchev–Trinajstić information content (AvgIpc) is 2.53. The minimum Gasteiger partial charge on any atom is -0.497 e. The molecular formula is C18H23NO2. The standard InChI is InChI=1S/C18H23NO2/c1-12(2)13-5-7-14(8-6-13)18(19)16-11-15(20-3)9-10-17(16)21-4/h5-12,18H,19H2,1-4H3. The van der Waals surface area contributed by atoms with E-state index in [1.165, 1.54) is 5.56 Å². The van der Waals surface area contributed by atoms with Crippen molar-refractivity contribution in [3.8, 4) is 11.5 Å². The molecule has 3 heteroatoms. The first kappa shape index (κ1) is 15.4. The molecule has 3 nitrogen and oxygen atoms in total. The normalized spacial score (nSPS) is 12.3. The van der Waals surface area contributed by atoms with E-state index in [2.05, 4.69) is 38.1 Å². The van der Waals surface area contributed by atoms with E-state index in [0.717, 1.165) is 22.6 Å². The lowest BCUT2D eigenvalue weighted by molar-refractivity contribution is 0.397. The highest BCUT2D eigenvalue weighted by atomic mass is 16.5. The molecule has 2 aromatic carbocycles. The van der Waals surface area contributed by atoms with Crippen molar-refractivity contribution in [3.63, 3.8) is 0 Å². The van der Waals surface area contributed by atoms with Crippen LogP contribution in [0.5, 0.6) is 11.5 Å². The van der Waals surface area contributed by atoms with Crippen LogP contribution in [0.1, 0.15) is 42.5 Å². The third-order valence-corrected chi connectivity index (χ3v) is 3.73. The molecule has 1 unspecified atom stereocenters. The van der Waals surface area contributed by atoms with Crippen LogP contribution < -0.4 is 15.2 Å². The Labute approximate surface area is 126 Å². The Morgan fingerprint density at radius 2 is 1.48 bits per heavy atom. The van der Waals surface area contributed by atoms with Crippen molar-refractivity contribution in [2.75, 3.05) is 14.2 Å². The summed E-state index contributed by atoms with van der Waals surface area (Å²) in [4.78, 5) is 0. The van der Waals surface area contributed by atoms with E-state index in [4.69, 9.17) is 15.2 Å². The van der Waals surface area contributed by atoms with Crippen LogP contribution in [-0.4, -0.2) is 14.2 Å². The Morgan fingerprint density at radius 1 is 0.857 bits per heavy atom. The Morgan fingerprint density at radius 3 is 2.00 bits per heavy atom. The summed E-state index contributed by atoms with van der Waals surface area (Å²) in [5.41, 5.74) is 9.70. The molecule has 2 rings (SSSR count). The second-order valence-electron chi connectivity index (χ2n) is 5.41. The molecule has 0 spiro atoms. The molecule has 21 heavy (non-hydrogen) atoms. The average molecular weight is 285 g/mol. The van der Waals surface area contributed by atoms with Crippen LogP contribution in [0.4, 0.5) is 0 Å². The van der Waals surface area contributed by atoms with Crippen molar-refractivity contribution >= 4 is 0 Å². The second-order valence-corrected chi connectivity index (χ2v) is 5.41. The molecule has 0 fully saturated rings. The summed E-state index contributed by atoms with van der Waals surface area (Å²) in [7, 11) is 3.30. The van der Waals surface area contributed by atoms with Gasteiger partial charge in [-0.2, -0.15) is 0 Å². The van der Waals surface area contributed by atoms with E-state index >= 15 is 0 Å². The molecule has 0 heterocycles. The minimum atomic E-state index is -0.240. The molecule has 0 saturated heterocycles. The van der Waals surface area contributed by atoms with Gasteiger partial charge in [-0.1, -0.05) is 38.1 Å². The quantitative estimate of drug-likeness (QED) is 0.906. The second kappa shape index (κ2) is 6.64. The summed E-state index contributed by atoms with van der Waals surface area (Å²) in [5, 5.41) is 0. The van der Waals surface area contributed by atoms with E-state index in [1.807, 2.05) is 18.2 Å². The van der Waals surface area contributed by atoms with Gasteiger partial charge in [0.05, 0.1) is 20.3 Å². The topological polar surface area (TPSA) is 44.5 Å². The molecule has 2 N–H and O–H groups in total. The Bertz CT molecular complexity index is 591. The molecule has 0 aliphatic rings. The Kier molecular flexibility index (Phi) is 4.86. The third kappa shape index (κ3) is 3.37. The molecule has 0 aliphatic heterocycles. The van der Waals surface area contributed by atoms with Gasteiger partial charge in [-0.3, -0.25) is 0 Å². The fourth-order valence-electron chi connectivity index (χ4n) is 2.35. The number of methoxy groups -OCH3 is 2. The van der Waals surface area contributed by atoms with Crippen molar-refractivity contribution in [2.45, 2.75) is 25.8 Å². The maximum absolute atomic E-state index is 6.41. The predicted octanol–water partition coefficient (Wildman–Crippen LogP) is 3.88. The van der Waals surface area contributed by atoms with Gasteiger partial charge in [0.15, 0.2) is 0 Å². The van der Waals surface area contributed by atoms with Crippen LogP contribution in [0.3, 0.4) is 0 Å². The van der Waals surface area contributed by atoms with Crippen molar-refractivity contribution in [3.05, 3.63) is 59.2 Å². The highest BCUT2D eigenvalue weighted by Crippen LogP contribution is 2.32. The van der Waals surface area contributed by atoms with Gasteiger partial charge in [0.25, 0.3) is 0 Å². The molecule has 0 aliphatic carbocycles. The molecule has 2 aromatic rings. The minimum absolute atomic E-state index is 0.240. The number of ether oxygens (including phenoxy) is 2. The summed E-state index contributed by atoms with van der Waals surface area (Å²) < 4.78 is 10.7. The highest BCUT2D eigenvalue weighted by Gasteiger charge is 2.15. The van der Waals surface area contributed by atoms with E-state index in [9.17, 15) is 0 Å². The van der Waals surface area contributed by atoms with Crippen LogP contribution in [0.2, 0.25) is 0 Å². The SMILES string of the molecule is COc1ccc(OC)c(C(N)c2ccc(C(C)C)cc2)c1. The van der Waals surface area contributed by atoms with Crippen molar-refractivity contribution in [2.24, 2.45) is 5.73 Å². The van der Waals surface area contributed by atoms with Crippen LogP contribution >= 0.6 is 0 Å². The number of rotatable bonds is 5. The lowest BCUT2D eigenvalue weighted by Gasteiger charge is -2.18. The maximum Gasteiger partial charge on any atom is 0.124 e. The smallest absolute Gasteiger partial charge is 0.124 e. The molecule has 112 valence electrons. The van der Waals surface area contributed by atoms with Crippen LogP contribution in [0.25, 0.3) is 0 Å². The van der Waals surface area contributed by atoms with E-state index in [0.29, 0.717) is 5.92 Å². The van der Waals surface area contributed by atoms with Crippen LogP contribution in [0.15, 0.2) is 42.5 Å². The lowest BCUT2D eigenvalue weighted by Crippen LogP contribution is -2.13. The van der Waals surface area contributed by atoms with E-state index in [1.54, 1.807) is 14.2 Å². The zero-order chi connectivity index (χ0) is 15.4. The van der Waals surface area contributed by atoms with Gasteiger partial charge in [-0.05, 0) is 35.2 Å². The molecule has 0 bridgehead atoms. The van der Waals surface area contributed by atoms with Gasteiger partial charge in [0, 0.05) is 5.56 Å². The predicted molar refractivity (Wildman–Crippen MR) is 86.1 cm³/mol. The number of hydrogen-bond donors (Lipinski definition) is 1. The summed E-state index contributed by atoms with van der Waals surface area (Å²) >= 11 is 0. The lowest BCUT2D eigenvalue weighted by atomic mass is 9.95. The number of hydrogen-bond acceptors (Lipinski definition) is 3. The Balaban J connectivity index is 2.36. The molecule has 0 saturated carbocycles. The van der Waals surface area contributed by atoms with E-state index in [-0.39, 0.29) is 6.04 Å². The van der Waals surface area contributed by atoms with Crippen molar-refractivity contribution < 1.29 is 9.47 Å². The fraction of sp³-hybridized carbons (Fsp3) is 0.333. The summed E-state index contributed by atoms with van der Waals surface area (Å²) in [6, 6.07) is 13.9. The summed E-state index contributed by atoms with van der Waals surface area (Å²) in [5.74, 6) is 2.07. The Hall–Kier alpha value is -2.00. The van der Waals surface area contributed by atoms with Gasteiger partial charge in [-0.25, -0.2) is 0 Å². The van der Waals surface area contributed by atoms with Gasteiger partial charge < -0.3 is 15.2 Å². The monoisotopic (exact) mass is 285 g/mol. The third-order valence-electron chi connectivity index (χ3n) is 3.73. The molecule has 0 radical (unpaired) electrons. The number of benzene rings is 2. The summed E-state index contributed by atoms with van der Waals surface area (Å²) in [6.07, 6.45) is 0. The van der Waals surface area contributed by atoms with E-state index < -0.39 is 0 Å². The molecular weight excluding hydrogens is 262 g/mol. The van der Waals surface area contributed by atoms with Crippen molar-refractivity contribution in [1.29, 1.82) is 0 Å². The number of nitrogens with two attached hydrogens (primary N) is 1. The van der Waals surface area contributed by atoms with Gasteiger partial charge >= 0.3 is 0 Å².